The van der Waals surface area contributed by atoms with Gasteiger partial charge in [0.15, 0.2) is 0 Å². The van der Waals surface area contributed by atoms with E-state index in [2.05, 4.69) is 9.88 Å². The molecule has 0 saturated carbocycles. The maximum atomic E-state index is 13.2. The molecule has 6 heteroatoms. The zero-order valence-corrected chi connectivity index (χ0v) is 18.1. The molecule has 1 aromatic heterocycles. The van der Waals surface area contributed by atoms with E-state index >= 15 is 0 Å². The van der Waals surface area contributed by atoms with E-state index in [1.165, 1.54) is 0 Å². The molecule has 2 atom stereocenters. The Hall–Kier alpha value is -2.76. The smallest absolute Gasteiger partial charge is 0.270 e. The van der Waals surface area contributed by atoms with E-state index < -0.39 is 0 Å². The highest BCUT2D eigenvalue weighted by Gasteiger charge is 2.39. The summed E-state index contributed by atoms with van der Waals surface area (Å²) in [7, 11) is 1.64. The lowest BCUT2D eigenvalue weighted by atomic mass is 9.83. The van der Waals surface area contributed by atoms with Gasteiger partial charge in [0.25, 0.3) is 5.91 Å². The standard InChI is InChI=1S/C24H31N3O3/c1-16-12-17(2)25-23(16)24(29)27-10-5-7-19-15-26(11-9-21(19)27)22(28)14-18-6-4-8-20(13-18)30-3/h4,6,8,12-13,19,21,25H,5,7,9-11,14-15H2,1-3H3/t19-,21-/m1/s1. The van der Waals surface area contributed by atoms with Crippen LogP contribution in [0.4, 0.5) is 0 Å². The molecule has 30 heavy (non-hydrogen) atoms. The molecule has 0 spiro atoms. The average Bonchev–Trinajstić information content (AvgIpc) is 3.10. The number of hydrogen-bond donors (Lipinski definition) is 1. The number of nitrogens with one attached hydrogen (secondary N) is 1. The maximum Gasteiger partial charge on any atom is 0.270 e. The topological polar surface area (TPSA) is 65.6 Å². The maximum absolute atomic E-state index is 13.2. The van der Waals surface area contributed by atoms with Crippen LogP contribution in [0.1, 0.15) is 46.6 Å². The molecule has 160 valence electrons. The highest BCUT2D eigenvalue weighted by molar-refractivity contribution is 5.94. The molecular formula is C24H31N3O3. The van der Waals surface area contributed by atoms with Crippen molar-refractivity contribution in [1.29, 1.82) is 0 Å². The summed E-state index contributed by atoms with van der Waals surface area (Å²) in [6, 6.07) is 9.94. The molecule has 2 aromatic rings. The van der Waals surface area contributed by atoms with Crippen molar-refractivity contribution < 1.29 is 14.3 Å². The molecule has 0 aliphatic carbocycles. The lowest BCUT2D eigenvalue weighted by Crippen LogP contribution is -2.57. The molecule has 1 aromatic carbocycles. The quantitative estimate of drug-likeness (QED) is 0.842. The van der Waals surface area contributed by atoms with Crippen LogP contribution in [-0.2, 0) is 11.2 Å². The van der Waals surface area contributed by atoms with E-state index in [1.807, 2.05) is 49.1 Å². The van der Waals surface area contributed by atoms with Gasteiger partial charge in [-0.2, -0.15) is 0 Å². The summed E-state index contributed by atoms with van der Waals surface area (Å²) >= 11 is 0. The van der Waals surface area contributed by atoms with Gasteiger partial charge in [0, 0.05) is 31.4 Å². The van der Waals surface area contributed by atoms with Gasteiger partial charge in [0.1, 0.15) is 11.4 Å². The average molecular weight is 410 g/mol. The SMILES string of the molecule is COc1cccc(CC(=O)N2CC[C@@H]3[C@H](CCCN3C(=O)c3[nH]c(C)cc3C)C2)c1. The zero-order valence-electron chi connectivity index (χ0n) is 18.1. The van der Waals surface area contributed by atoms with Crippen molar-refractivity contribution in [2.75, 3.05) is 26.7 Å². The van der Waals surface area contributed by atoms with Gasteiger partial charge in [-0.1, -0.05) is 12.1 Å². The number of ether oxygens (including phenoxy) is 1. The third-order valence-corrected chi connectivity index (χ3v) is 6.53. The highest BCUT2D eigenvalue weighted by Crippen LogP contribution is 2.32. The monoisotopic (exact) mass is 409 g/mol. The van der Waals surface area contributed by atoms with Crippen LogP contribution < -0.4 is 4.74 Å². The predicted octanol–water partition coefficient (Wildman–Crippen LogP) is 3.34. The van der Waals surface area contributed by atoms with Crippen molar-refractivity contribution in [2.24, 2.45) is 5.92 Å². The number of hydrogen-bond acceptors (Lipinski definition) is 3. The van der Waals surface area contributed by atoms with Crippen LogP contribution in [0.15, 0.2) is 30.3 Å². The first kappa shape index (κ1) is 20.5. The minimum Gasteiger partial charge on any atom is -0.497 e. The normalized spacial score (nSPS) is 21.3. The van der Waals surface area contributed by atoms with Crippen LogP contribution in [0, 0.1) is 19.8 Å². The minimum absolute atomic E-state index is 0.103. The number of aromatic amines is 1. The van der Waals surface area contributed by atoms with Crippen LogP contribution in [0.2, 0.25) is 0 Å². The van der Waals surface area contributed by atoms with Gasteiger partial charge in [-0.05, 0) is 68.4 Å². The fourth-order valence-electron chi connectivity index (χ4n) is 5.05. The van der Waals surface area contributed by atoms with E-state index in [4.69, 9.17) is 4.74 Å². The number of fused-ring (bicyclic) bond motifs is 1. The Balaban J connectivity index is 1.42. The number of nitrogens with zero attached hydrogens (tertiary/aromatic N) is 2. The summed E-state index contributed by atoms with van der Waals surface area (Å²) in [5, 5.41) is 0. The summed E-state index contributed by atoms with van der Waals surface area (Å²) in [5.74, 6) is 1.38. The number of aryl methyl sites for hydroxylation is 2. The van der Waals surface area contributed by atoms with Crippen molar-refractivity contribution in [3.8, 4) is 5.75 Å². The Labute approximate surface area is 178 Å². The Kier molecular flexibility index (Phi) is 5.84. The molecule has 6 nitrogen and oxygen atoms in total. The Morgan fingerprint density at radius 2 is 2.00 bits per heavy atom. The molecule has 0 unspecified atom stereocenters. The fraction of sp³-hybridized carbons (Fsp3) is 0.500. The van der Waals surface area contributed by atoms with Crippen LogP contribution in [0.25, 0.3) is 0 Å². The molecule has 4 rings (SSSR count). The molecule has 3 heterocycles. The first-order valence-electron chi connectivity index (χ1n) is 10.8. The molecule has 2 aliphatic heterocycles. The number of rotatable bonds is 4. The number of piperidine rings is 2. The van der Waals surface area contributed by atoms with Gasteiger partial charge in [-0.25, -0.2) is 0 Å². The second-order valence-electron chi connectivity index (χ2n) is 8.64. The number of aromatic nitrogens is 1. The number of methoxy groups -OCH3 is 1. The van der Waals surface area contributed by atoms with Crippen LogP contribution in [-0.4, -0.2) is 59.4 Å². The predicted molar refractivity (Wildman–Crippen MR) is 116 cm³/mol. The zero-order chi connectivity index (χ0) is 21.3. The number of amides is 2. The fourth-order valence-corrected chi connectivity index (χ4v) is 5.05. The van der Waals surface area contributed by atoms with Crippen LogP contribution >= 0.6 is 0 Å². The van der Waals surface area contributed by atoms with Gasteiger partial charge in [0.05, 0.1) is 13.5 Å². The number of benzene rings is 1. The third kappa shape index (κ3) is 4.09. The summed E-state index contributed by atoms with van der Waals surface area (Å²) in [6.07, 6.45) is 3.29. The second-order valence-corrected chi connectivity index (χ2v) is 8.64. The molecule has 2 saturated heterocycles. The molecule has 1 N–H and O–H groups in total. The summed E-state index contributed by atoms with van der Waals surface area (Å²) in [6.45, 7) is 6.21. The Bertz CT molecular complexity index is 936. The molecule has 0 bridgehead atoms. The first-order chi connectivity index (χ1) is 14.5. The molecular weight excluding hydrogens is 378 g/mol. The van der Waals surface area contributed by atoms with E-state index in [0.29, 0.717) is 24.6 Å². The van der Waals surface area contributed by atoms with Gasteiger partial charge in [-0.15, -0.1) is 0 Å². The summed E-state index contributed by atoms with van der Waals surface area (Å²) in [4.78, 5) is 33.4. The Morgan fingerprint density at radius 3 is 2.73 bits per heavy atom. The number of carbonyl (C=O) groups is 2. The third-order valence-electron chi connectivity index (χ3n) is 6.53. The first-order valence-corrected chi connectivity index (χ1v) is 10.8. The van der Waals surface area contributed by atoms with Gasteiger partial charge >= 0.3 is 0 Å². The van der Waals surface area contributed by atoms with Gasteiger partial charge < -0.3 is 19.5 Å². The highest BCUT2D eigenvalue weighted by atomic mass is 16.5. The van der Waals surface area contributed by atoms with Crippen molar-refractivity contribution in [3.63, 3.8) is 0 Å². The number of likely N-dealkylation sites (tertiary alicyclic amines) is 2. The van der Waals surface area contributed by atoms with E-state index in [1.54, 1.807) is 7.11 Å². The number of carbonyl (C=O) groups excluding carboxylic acids is 2. The Morgan fingerprint density at radius 1 is 1.17 bits per heavy atom. The lowest BCUT2D eigenvalue weighted by Gasteiger charge is -2.47. The van der Waals surface area contributed by atoms with Crippen molar-refractivity contribution in [1.82, 2.24) is 14.8 Å². The minimum atomic E-state index is 0.103. The summed E-state index contributed by atoms with van der Waals surface area (Å²) in [5.41, 5.74) is 3.71. The van der Waals surface area contributed by atoms with Crippen molar-refractivity contribution >= 4 is 11.8 Å². The second kappa shape index (κ2) is 8.54. The number of H-pyrrole nitrogens is 1. The molecule has 2 fully saturated rings. The largest absolute Gasteiger partial charge is 0.497 e. The van der Waals surface area contributed by atoms with Crippen molar-refractivity contribution in [3.05, 3.63) is 52.8 Å². The van der Waals surface area contributed by atoms with Crippen LogP contribution in [0.5, 0.6) is 5.75 Å². The lowest BCUT2D eigenvalue weighted by molar-refractivity contribution is -0.133. The van der Waals surface area contributed by atoms with E-state index in [-0.39, 0.29) is 17.9 Å². The van der Waals surface area contributed by atoms with Crippen LogP contribution in [0.3, 0.4) is 0 Å². The van der Waals surface area contributed by atoms with E-state index in [0.717, 1.165) is 54.9 Å². The van der Waals surface area contributed by atoms with Gasteiger partial charge in [-0.3, -0.25) is 9.59 Å². The molecule has 2 aliphatic rings. The molecule has 2 amide bonds. The van der Waals surface area contributed by atoms with Crippen molar-refractivity contribution in [2.45, 2.75) is 45.6 Å². The summed E-state index contributed by atoms with van der Waals surface area (Å²) < 4.78 is 5.27. The van der Waals surface area contributed by atoms with Gasteiger partial charge in [0.2, 0.25) is 5.91 Å². The van der Waals surface area contributed by atoms with E-state index in [9.17, 15) is 9.59 Å². The molecule has 0 radical (unpaired) electrons.